The van der Waals surface area contributed by atoms with Crippen LogP contribution in [-0.4, -0.2) is 46.2 Å². The molecule has 18 heavy (non-hydrogen) atoms. The number of β-amino-alcohol motifs (C(OH)–C–C–N with tert-alkyl or cyclic N) is 1. The SMILES string of the molecule is CC(C)C(=O)C1C[C@@H](O)CN1C(=O)OC(C)(C)C. The fraction of sp³-hybridized carbons (Fsp3) is 0.846. The third-order valence-corrected chi connectivity index (χ3v) is 2.80. The summed E-state index contributed by atoms with van der Waals surface area (Å²) in [7, 11) is 0. The van der Waals surface area contributed by atoms with Crippen LogP contribution in [0, 0.1) is 5.92 Å². The molecular weight excluding hydrogens is 234 g/mol. The fourth-order valence-electron chi connectivity index (χ4n) is 1.99. The van der Waals surface area contributed by atoms with E-state index in [2.05, 4.69) is 0 Å². The zero-order chi connectivity index (χ0) is 14.1. The van der Waals surface area contributed by atoms with Crippen molar-refractivity contribution in [3.8, 4) is 0 Å². The zero-order valence-electron chi connectivity index (χ0n) is 11.8. The Morgan fingerprint density at radius 2 is 1.89 bits per heavy atom. The lowest BCUT2D eigenvalue weighted by atomic mass is 9.99. The maximum absolute atomic E-state index is 12.0. The second-order valence-corrected chi connectivity index (χ2v) is 6.10. The number of nitrogens with zero attached hydrogens (tertiary/aromatic N) is 1. The molecule has 2 atom stereocenters. The Labute approximate surface area is 108 Å². The van der Waals surface area contributed by atoms with Crippen molar-refractivity contribution in [2.75, 3.05) is 6.54 Å². The number of carbonyl (C=O) groups excluding carboxylic acids is 2. The number of hydrogen-bond acceptors (Lipinski definition) is 4. The Morgan fingerprint density at radius 3 is 2.33 bits per heavy atom. The quantitative estimate of drug-likeness (QED) is 0.815. The lowest BCUT2D eigenvalue weighted by Gasteiger charge is -2.28. The molecule has 1 saturated heterocycles. The van der Waals surface area contributed by atoms with Gasteiger partial charge >= 0.3 is 6.09 Å². The molecule has 5 nitrogen and oxygen atoms in total. The van der Waals surface area contributed by atoms with E-state index in [-0.39, 0.29) is 18.2 Å². The molecule has 1 aliphatic rings. The molecule has 0 bridgehead atoms. The van der Waals surface area contributed by atoms with Crippen molar-refractivity contribution >= 4 is 11.9 Å². The van der Waals surface area contributed by atoms with Crippen molar-refractivity contribution in [3.05, 3.63) is 0 Å². The molecule has 0 spiro atoms. The second kappa shape index (κ2) is 5.26. The van der Waals surface area contributed by atoms with Gasteiger partial charge in [-0.3, -0.25) is 9.69 Å². The van der Waals surface area contributed by atoms with Gasteiger partial charge in [0.05, 0.1) is 18.7 Å². The van der Waals surface area contributed by atoms with Gasteiger partial charge in [0.2, 0.25) is 0 Å². The molecule has 1 aliphatic heterocycles. The maximum Gasteiger partial charge on any atom is 0.410 e. The van der Waals surface area contributed by atoms with Gasteiger partial charge in [-0.2, -0.15) is 0 Å². The minimum Gasteiger partial charge on any atom is -0.444 e. The maximum atomic E-state index is 12.0. The van der Waals surface area contributed by atoms with Gasteiger partial charge in [-0.05, 0) is 20.8 Å². The Kier molecular flexibility index (Phi) is 4.37. The summed E-state index contributed by atoms with van der Waals surface area (Å²) in [6.07, 6.45) is -0.876. The molecule has 1 rings (SSSR count). The summed E-state index contributed by atoms with van der Waals surface area (Å²) in [5.74, 6) is -0.192. The molecule has 0 aromatic rings. The van der Waals surface area contributed by atoms with Crippen molar-refractivity contribution in [2.24, 2.45) is 5.92 Å². The standard InChI is InChI=1S/C13H23NO4/c1-8(2)11(16)10-6-9(15)7-14(10)12(17)18-13(3,4)5/h8-10,15H,6-7H2,1-5H3/t9-,10?/m1/s1. The highest BCUT2D eigenvalue weighted by molar-refractivity contribution is 5.89. The first-order chi connectivity index (χ1) is 8.11. The lowest BCUT2D eigenvalue weighted by molar-refractivity contribution is -0.126. The first kappa shape index (κ1) is 15.0. The van der Waals surface area contributed by atoms with E-state index >= 15 is 0 Å². The largest absolute Gasteiger partial charge is 0.444 e. The molecule has 0 aromatic heterocycles. The van der Waals surface area contributed by atoms with Gasteiger partial charge in [0, 0.05) is 12.3 Å². The Morgan fingerprint density at radius 1 is 1.33 bits per heavy atom. The van der Waals surface area contributed by atoms with Gasteiger partial charge in [-0.25, -0.2) is 4.79 Å². The van der Waals surface area contributed by atoms with Gasteiger partial charge in [0.25, 0.3) is 0 Å². The molecule has 0 aromatic carbocycles. The molecular formula is C13H23NO4. The topological polar surface area (TPSA) is 66.8 Å². The third kappa shape index (κ3) is 3.70. The highest BCUT2D eigenvalue weighted by Crippen LogP contribution is 2.23. The summed E-state index contributed by atoms with van der Waals surface area (Å²) in [5, 5.41) is 9.65. The number of hydrogen-bond donors (Lipinski definition) is 1. The summed E-state index contributed by atoms with van der Waals surface area (Å²) in [6.45, 7) is 9.07. The number of rotatable bonds is 2. The second-order valence-electron chi connectivity index (χ2n) is 6.10. The molecule has 1 N–H and O–H groups in total. The van der Waals surface area contributed by atoms with Crippen LogP contribution >= 0.6 is 0 Å². The number of aliphatic hydroxyl groups is 1. The molecule has 0 aliphatic carbocycles. The van der Waals surface area contributed by atoms with Gasteiger partial charge < -0.3 is 9.84 Å². The van der Waals surface area contributed by atoms with Crippen LogP contribution in [0.25, 0.3) is 0 Å². The number of amides is 1. The highest BCUT2D eigenvalue weighted by atomic mass is 16.6. The summed E-state index contributed by atoms with van der Waals surface area (Å²) in [5.41, 5.74) is -0.601. The van der Waals surface area contributed by atoms with Crippen molar-refractivity contribution in [2.45, 2.75) is 58.8 Å². The zero-order valence-corrected chi connectivity index (χ0v) is 11.8. The Bertz CT molecular complexity index is 332. The molecule has 1 heterocycles. The molecule has 104 valence electrons. The van der Waals surface area contributed by atoms with Gasteiger partial charge in [0.15, 0.2) is 5.78 Å². The number of carbonyl (C=O) groups is 2. The van der Waals surface area contributed by atoms with Crippen LogP contribution in [0.4, 0.5) is 4.79 Å². The van der Waals surface area contributed by atoms with Gasteiger partial charge in [-0.1, -0.05) is 13.8 Å². The van der Waals surface area contributed by atoms with Crippen molar-refractivity contribution in [3.63, 3.8) is 0 Å². The molecule has 1 amide bonds. The van der Waals surface area contributed by atoms with Gasteiger partial charge in [-0.15, -0.1) is 0 Å². The minimum absolute atomic E-state index is 0.0302. The van der Waals surface area contributed by atoms with E-state index in [0.717, 1.165) is 0 Å². The number of ketones is 1. The number of Topliss-reactive ketones (excluding diaryl/α,β-unsaturated/α-hetero) is 1. The molecule has 0 saturated carbocycles. The summed E-state index contributed by atoms with van der Waals surface area (Å²) < 4.78 is 5.25. The minimum atomic E-state index is -0.648. The van der Waals surface area contributed by atoms with E-state index in [1.54, 1.807) is 34.6 Å². The number of aliphatic hydroxyl groups excluding tert-OH is 1. The van der Waals surface area contributed by atoms with E-state index in [4.69, 9.17) is 4.74 Å². The summed E-state index contributed by atoms with van der Waals surface area (Å²) in [4.78, 5) is 25.3. The third-order valence-electron chi connectivity index (χ3n) is 2.80. The van der Waals surface area contributed by atoms with Crippen LogP contribution in [0.1, 0.15) is 41.0 Å². The number of ether oxygens (including phenoxy) is 1. The van der Waals surface area contributed by atoms with Crippen LogP contribution in [0.2, 0.25) is 0 Å². The highest BCUT2D eigenvalue weighted by Gasteiger charge is 2.41. The van der Waals surface area contributed by atoms with Crippen molar-refractivity contribution in [1.29, 1.82) is 0 Å². The first-order valence-electron chi connectivity index (χ1n) is 6.33. The molecule has 0 radical (unpaired) electrons. The summed E-state index contributed by atoms with van der Waals surface area (Å²) >= 11 is 0. The number of likely N-dealkylation sites (tertiary alicyclic amines) is 1. The summed E-state index contributed by atoms with van der Waals surface area (Å²) in [6, 6.07) is -0.560. The lowest BCUT2D eigenvalue weighted by Crippen LogP contribution is -2.44. The first-order valence-corrected chi connectivity index (χ1v) is 6.33. The monoisotopic (exact) mass is 257 g/mol. The van der Waals surface area contributed by atoms with E-state index < -0.39 is 23.8 Å². The predicted octanol–water partition coefficient (Wildman–Crippen LogP) is 1.58. The average molecular weight is 257 g/mol. The van der Waals surface area contributed by atoms with E-state index in [0.29, 0.717) is 6.42 Å². The fourth-order valence-corrected chi connectivity index (χ4v) is 1.99. The van der Waals surface area contributed by atoms with Crippen molar-refractivity contribution < 1.29 is 19.4 Å². The van der Waals surface area contributed by atoms with Crippen molar-refractivity contribution in [1.82, 2.24) is 4.90 Å². The van der Waals surface area contributed by atoms with Crippen LogP contribution in [-0.2, 0) is 9.53 Å². The van der Waals surface area contributed by atoms with Gasteiger partial charge in [0.1, 0.15) is 5.60 Å². The Balaban J connectivity index is 2.79. The normalized spacial score (nSPS) is 24.5. The van der Waals surface area contributed by atoms with Crippen LogP contribution < -0.4 is 0 Å². The average Bonchev–Trinajstić information content (AvgIpc) is 2.56. The van der Waals surface area contributed by atoms with Crippen LogP contribution in [0.5, 0.6) is 0 Å². The Hall–Kier alpha value is -1.10. The van der Waals surface area contributed by atoms with E-state index in [1.165, 1.54) is 4.90 Å². The van der Waals surface area contributed by atoms with E-state index in [9.17, 15) is 14.7 Å². The smallest absolute Gasteiger partial charge is 0.410 e. The predicted molar refractivity (Wildman–Crippen MR) is 67.2 cm³/mol. The molecule has 5 heteroatoms. The molecule has 1 fully saturated rings. The van der Waals surface area contributed by atoms with Crippen LogP contribution in [0.3, 0.4) is 0 Å². The van der Waals surface area contributed by atoms with Crippen LogP contribution in [0.15, 0.2) is 0 Å². The van der Waals surface area contributed by atoms with E-state index in [1.807, 2.05) is 0 Å². The molecule has 1 unspecified atom stereocenters.